The summed E-state index contributed by atoms with van der Waals surface area (Å²) >= 11 is 0. The van der Waals surface area contributed by atoms with Crippen molar-refractivity contribution in [3.63, 3.8) is 0 Å². The molecule has 1 atom stereocenters. The number of para-hydroxylation sites is 1. The van der Waals surface area contributed by atoms with Gasteiger partial charge in [0.2, 0.25) is 0 Å². The second kappa shape index (κ2) is 9.20. The molecule has 0 spiro atoms. The van der Waals surface area contributed by atoms with Crippen molar-refractivity contribution in [1.29, 1.82) is 5.26 Å². The number of pyridine rings is 1. The number of hydrogen-bond donors (Lipinski definition) is 0. The van der Waals surface area contributed by atoms with Crippen molar-refractivity contribution in [3.05, 3.63) is 73.6 Å². The van der Waals surface area contributed by atoms with E-state index in [1.807, 2.05) is 13.0 Å². The monoisotopic (exact) mass is 481 g/mol. The zero-order valence-corrected chi connectivity index (χ0v) is 22.1. The van der Waals surface area contributed by atoms with Gasteiger partial charge in [0, 0.05) is 34.5 Å². The lowest BCUT2D eigenvalue weighted by molar-refractivity contribution is 0.542. The molecule has 1 aromatic carbocycles. The Balaban J connectivity index is 1.71. The van der Waals surface area contributed by atoms with Gasteiger partial charge in [-0.1, -0.05) is 58.7 Å². The summed E-state index contributed by atoms with van der Waals surface area (Å²) < 4.78 is 1.35. The van der Waals surface area contributed by atoms with E-state index in [0.717, 1.165) is 50.3 Å². The first kappa shape index (κ1) is 24.2. The second-order valence-electron chi connectivity index (χ2n) is 10.7. The maximum Gasteiger partial charge on any atom is 0.291 e. The minimum absolute atomic E-state index is 0.138. The highest BCUT2D eigenvalue weighted by Gasteiger charge is 2.42. The van der Waals surface area contributed by atoms with Gasteiger partial charge in [-0.2, -0.15) is 9.78 Å². The summed E-state index contributed by atoms with van der Waals surface area (Å²) in [6.45, 7) is 11.7. The van der Waals surface area contributed by atoms with Crippen molar-refractivity contribution in [3.8, 4) is 6.07 Å². The zero-order chi connectivity index (χ0) is 25.6. The van der Waals surface area contributed by atoms with Gasteiger partial charge in [0.1, 0.15) is 11.6 Å². The summed E-state index contributed by atoms with van der Waals surface area (Å²) in [6.07, 6.45) is 10.6. The Hall–Kier alpha value is -3.46. The maximum atomic E-state index is 13.1. The summed E-state index contributed by atoms with van der Waals surface area (Å²) in [7, 11) is 0. The van der Waals surface area contributed by atoms with Gasteiger partial charge in [-0.25, -0.2) is 4.98 Å². The minimum atomic E-state index is -0.381. The Bertz CT molecular complexity index is 1520. The number of aromatic nitrogens is 3. The van der Waals surface area contributed by atoms with Crippen molar-refractivity contribution < 1.29 is 0 Å². The molecule has 0 saturated heterocycles. The molecule has 4 heterocycles. The molecule has 36 heavy (non-hydrogen) atoms. The van der Waals surface area contributed by atoms with E-state index >= 15 is 0 Å². The van der Waals surface area contributed by atoms with E-state index in [2.05, 4.69) is 68.0 Å². The molecule has 6 heteroatoms. The number of anilines is 1. The highest BCUT2D eigenvalue weighted by Crippen LogP contribution is 2.50. The van der Waals surface area contributed by atoms with Gasteiger partial charge in [0.25, 0.3) is 5.56 Å². The first-order valence-electron chi connectivity index (χ1n) is 13.3. The van der Waals surface area contributed by atoms with Crippen LogP contribution in [-0.4, -0.2) is 21.1 Å². The highest BCUT2D eigenvalue weighted by atomic mass is 16.1. The summed E-state index contributed by atoms with van der Waals surface area (Å²) in [6, 6.07) is 8.79. The number of unbranched alkanes of at least 4 members (excludes halogenated alkanes) is 1. The number of aryl methyl sites for hydroxylation is 1. The maximum absolute atomic E-state index is 13.1. The predicted molar refractivity (Wildman–Crippen MR) is 144 cm³/mol. The van der Waals surface area contributed by atoms with Gasteiger partial charge >= 0.3 is 0 Å². The third-order valence-electron chi connectivity index (χ3n) is 8.16. The van der Waals surface area contributed by atoms with Crippen LogP contribution >= 0.6 is 0 Å². The lowest BCUT2D eigenvalue weighted by atomic mass is 9.83. The summed E-state index contributed by atoms with van der Waals surface area (Å²) in [5, 5.41) is 15.2. The van der Waals surface area contributed by atoms with E-state index in [1.54, 1.807) is 0 Å². The number of hydrogen-bond acceptors (Lipinski definition) is 5. The number of benzene rings is 1. The number of allylic oxidation sites excluding steroid dienone is 2. The molecule has 3 aromatic rings. The molecule has 0 bridgehead atoms. The van der Waals surface area contributed by atoms with Crippen molar-refractivity contribution >= 4 is 17.4 Å². The molecule has 2 aromatic heterocycles. The molecule has 1 unspecified atom stereocenters. The highest BCUT2D eigenvalue weighted by molar-refractivity contribution is 5.76. The summed E-state index contributed by atoms with van der Waals surface area (Å²) in [5.74, 6) is 0.908. The third-order valence-corrected chi connectivity index (χ3v) is 8.16. The number of fused-ring (bicyclic) bond motifs is 1. The first-order valence-corrected chi connectivity index (χ1v) is 13.3. The fourth-order valence-corrected chi connectivity index (χ4v) is 6.02. The van der Waals surface area contributed by atoms with Crippen LogP contribution in [0.25, 0.3) is 11.7 Å². The Morgan fingerprint density at radius 2 is 2.06 bits per heavy atom. The Morgan fingerprint density at radius 3 is 2.78 bits per heavy atom. The molecular weight excluding hydrogens is 446 g/mol. The molecule has 0 amide bonds. The lowest BCUT2D eigenvalue weighted by Gasteiger charge is -2.30. The first-order chi connectivity index (χ1) is 17.3. The normalized spacial score (nSPS) is 18.6. The lowest BCUT2D eigenvalue weighted by Crippen LogP contribution is -2.30. The van der Waals surface area contributed by atoms with Crippen LogP contribution in [0.15, 0.2) is 34.8 Å². The van der Waals surface area contributed by atoms with Crippen LogP contribution in [0.3, 0.4) is 0 Å². The minimum Gasteiger partial charge on any atom is -0.344 e. The fraction of sp³-hybridized carbons (Fsp3) is 0.467. The van der Waals surface area contributed by atoms with E-state index in [-0.39, 0.29) is 22.5 Å². The second-order valence-corrected chi connectivity index (χ2v) is 10.7. The standard InChI is InChI=1S/C30H35N5O/c1-6-8-11-20(7-2)27-32-28-22(19(3)23(18-31)29(36)35(28)33-27)15-16-25-30(4,5)24-14-9-12-21-13-10-17-34(25)26(21)24/h9,12,14-16,20H,6-8,10-11,13,17H2,1-5H3/b22-15-,25-16+. The van der Waals surface area contributed by atoms with E-state index in [1.165, 1.54) is 27.0 Å². The van der Waals surface area contributed by atoms with Gasteiger partial charge in [0.15, 0.2) is 11.5 Å². The Labute approximate surface area is 213 Å². The van der Waals surface area contributed by atoms with Gasteiger partial charge in [-0.15, -0.1) is 5.10 Å². The van der Waals surface area contributed by atoms with Crippen LogP contribution in [0, 0.1) is 18.3 Å². The van der Waals surface area contributed by atoms with Crippen molar-refractivity contribution in [2.24, 2.45) is 0 Å². The number of nitriles is 1. The quantitative estimate of drug-likeness (QED) is 0.491. The van der Waals surface area contributed by atoms with E-state index in [4.69, 9.17) is 4.98 Å². The van der Waals surface area contributed by atoms with Crippen molar-refractivity contribution in [2.45, 2.75) is 84.5 Å². The van der Waals surface area contributed by atoms with Crippen LogP contribution in [0.2, 0.25) is 0 Å². The Morgan fingerprint density at radius 1 is 1.25 bits per heavy atom. The molecule has 0 saturated carbocycles. The van der Waals surface area contributed by atoms with Gasteiger partial charge in [0.05, 0.1) is 0 Å². The van der Waals surface area contributed by atoms with Crippen molar-refractivity contribution in [2.75, 3.05) is 11.4 Å². The third kappa shape index (κ3) is 3.64. The fourth-order valence-electron chi connectivity index (χ4n) is 6.02. The average molecular weight is 482 g/mol. The topological polar surface area (TPSA) is 74.3 Å². The summed E-state index contributed by atoms with van der Waals surface area (Å²) in [4.78, 5) is 20.5. The molecule has 0 N–H and O–H groups in total. The molecule has 0 fully saturated rings. The smallest absolute Gasteiger partial charge is 0.291 e. The molecular formula is C30H35N5O. The molecule has 6 nitrogen and oxygen atoms in total. The van der Waals surface area contributed by atoms with Crippen LogP contribution in [0.5, 0.6) is 0 Å². The van der Waals surface area contributed by atoms with E-state index in [9.17, 15) is 10.1 Å². The molecule has 0 aliphatic carbocycles. The molecule has 2 aliphatic heterocycles. The average Bonchev–Trinajstić information content (AvgIpc) is 3.40. The van der Waals surface area contributed by atoms with Crippen LogP contribution in [0.4, 0.5) is 5.69 Å². The number of rotatable bonds is 6. The zero-order valence-electron chi connectivity index (χ0n) is 22.1. The predicted octanol–water partition coefficient (Wildman–Crippen LogP) is 5.08. The van der Waals surface area contributed by atoms with Crippen molar-refractivity contribution in [1.82, 2.24) is 14.6 Å². The number of nitrogens with zero attached hydrogens (tertiary/aromatic N) is 5. The summed E-state index contributed by atoms with van der Waals surface area (Å²) in [5.41, 5.74) is 6.20. The van der Waals surface area contributed by atoms with Gasteiger partial charge < -0.3 is 4.90 Å². The Kier molecular flexibility index (Phi) is 6.20. The molecule has 2 aliphatic rings. The molecule has 186 valence electrons. The van der Waals surface area contributed by atoms with Gasteiger partial charge in [-0.3, -0.25) is 4.79 Å². The van der Waals surface area contributed by atoms with Gasteiger partial charge in [-0.05, 0) is 61.4 Å². The SMILES string of the molecule is CCCCC(CC)c1nc2/c(=C\C=C3\N4CCCc5cccc(c54)C3(C)C)c(C)c(C#N)c(=O)n2n1. The van der Waals surface area contributed by atoms with Crippen LogP contribution in [-0.2, 0) is 11.8 Å². The molecule has 5 rings (SSSR count). The van der Waals surface area contributed by atoms with Crippen LogP contribution < -0.4 is 15.7 Å². The molecule has 0 radical (unpaired) electrons. The van der Waals surface area contributed by atoms with E-state index < -0.39 is 0 Å². The van der Waals surface area contributed by atoms with Crippen LogP contribution in [0.1, 0.15) is 93.8 Å². The largest absolute Gasteiger partial charge is 0.344 e. The van der Waals surface area contributed by atoms with E-state index in [0.29, 0.717) is 17.0 Å².